The van der Waals surface area contributed by atoms with Gasteiger partial charge in [0.2, 0.25) is 0 Å². The summed E-state index contributed by atoms with van der Waals surface area (Å²) in [6.07, 6.45) is 1.36. The van der Waals surface area contributed by atoms with Crippen molar-refractivity contribution in [2.24, 2.45) is 0 Å². The highest BCUT2D eigenvalue weighted by molar-refractivity contribution is 4.83. The molecule has 0 spiro atoms. The van der Waals surface area contributed by atoms with Crippen LogP contribution < -0.4 is 5.56 Å². The quantitative estimate of drug-likeness (QED) is 0.540. The summed E-state index contributed by atoms with van der Waals surface area (Å²) in [5.41, 5.74) is -0.417. The second kappa shape index (κ2) is 2.39. The van der Waals surface area contributed by atoms with Crippen LogP contribution in [0.25, 0.3) is 0 Å². The summed E-state index contributed by atoms with van der Waals surface area (Å²) in [6.45, 7) is -0.861. The van der Waals surface area contributed by atoms with Crippen LogP contribution in [0.3, 0.4) is 0 Å². The van der Waals surface area contributed by atoms with E-state index in [2.05, 4.69) is 5.10 Å². The Hall–Kier alpha value is -1.19. The molecule has 0 fully saturated rings. The molecule has 0 aliphatic heterocycles. The molecule has 3 nitrogen and oxygen atoms in total. The third kappa shape index (κ3) is 1.13. The second-order valence-electron chi connectivity index (χ2n) is 1.48. The standard InChI is InChI=1S/C5H5FN2O/c6-4-8-5(9)2-1-3-7-8/h1-3H,4H2. The third-order valence-electron chi connectivity index (χ3n) is 0.899. The van der Waals surface area contributed by atoms with E-state index in [1.165, 1.54) is 18.3 Å². The van der Waals surface area contributed by atoms with E-state index in [0.29, 0.717) is 0 Å². The minimum Gasteiger partial charge on any atom is -0.268 e. The van der Waals surface area contributed by atoms with E-state index < -0.39 is 12.4 Å². The van der Waals surface area contributed by atoms with E-state index in [4.69, 9.17) is 0 Å². The smallest absolute Gasteiger partial charge is 0.268 e. The number of alkyl halides is 1. The summed E-state index contributed by atoms with van der Waals surface area (Å²) in [4.78, 5) is 10.5. The molecule has 0 aliphatic carbocycles. The zero-order chi connectivity index (χ0) is 6.69. The summed E-state index contributed by atoms with van der Waals surface area (Å²) >= 11 is 0. The maximum absolute atomic E-state index is 11.7. The van der Waals surface area contributed by atoms with Gasteiger partial charge in [0, 0.05) is 12.3 Å². The van der Waals surface area contributed by atoms with Crippen LogP contribution in [0.5, 0.6) is 0 Å². The molecule has 48 valence electrons. The number of aromatic nitrogens is 2. The maximum Gasteiger partial charge on any atom is 0.269 e. The fourth-order valence-corrected chi connectivity index (χ4v) is 0.477. The molecule has 1 heterocycles. The van der Waals surface area contributed by atoms with Crippen LogP contribution in [0, 0.1) is 0 Å². The van der Waals surface area contributed by atoms with Crippen molar-refractivity contribution in [3.05, 3.63) is 28.7 Å². The number of rotatable bonds is 1. The zero-order valence-corrected chi connectivity index (χ0v) is 4.62. The van der Waals surface area contributed by atoms with Crippen LogP contribution in [0.1, 0.15) is 0 Å². The highest BCUT2D eigenvalue weighted by Crippen LogP contribution is 1.74. The van der Waals surface area contributed by atoms with Crippen molar-refractivity contribution >= 4 is 0 Å². The monoisotopic (exact) mass is 128 g/mol. The molecule has 9 heavy (non-hydrogen) atoms. The Morgan fingerprint density at radius 3 is 3.00 bits per heavy atom. The van der Waals surface area contributed by atoms with Crippen LogP contribution in [-0.4, -0.2) is 9.78 Å². The molecule has 0 amide bonds. The summed E-state index contributed by atoms with van der Waals surface area (Å²) in [5.74, 6) is 0. The molecule has 0 saturated heterocycles. The minimum atomic E-state index is -0.861. The average molecular weight is 128 g/mol. The van der Waals surface area contributed by atoms with Gasteiger partial charge in [-0.1, -0.05) is 0 Å². The fourth-order valence-electron chi connectivity index (χ4n) is 0.477. The van der Waals surface area contributed by atoms with E-state index in [1.54, 1.807) is 0 Å². The van der Waals surface area contributed by atoms with Gasteiger partial charge in [-0.25, -0.2) is 4.39 Å². The van der Waals surface area contributed by atoms with Gasteiger partial charge in [0.05, 0.1) is 0 Å². The minimum absolute atomic E-state index is 0.417. The van der Waals surface area contributed by atoms with Crippen LogP contribution in [-0.2, 0) is 6.80 Å². The van der Waals surface area contributed by atoms with Gasteiger partial charge in [0.15, 0.2) is 6.80 Å². The van der Waals surface area contributed by atoms with Gasteiger partial charge in [-0.15, -0.1) is 0 Å². The number of hydrogen-bond donors (Lipinski definition) is 0. The maximum atomic E-state index is 11.7. The molecule has 0 unspecified atom stereocenters. The van der Waals surface area contributed by atoms with Gasteiger partial charge in [-0.05, 0) is 6.07 Å². The predicted octanol–water partition coefficient (Wildman–Crippen LogP) is 0.170. The summed E-state index contributed by atoms with van der Waals surface area (Å²) in [7, 11) is 0. The third-order valence-corrected chi connectivity index (χ3v) is 0.899. The second-order valence-corrected chi connectivity index (χ2v) is 1.48. The van der Waals surface area contributed by atoms with Crippen LogP contribution in [0.15, 0.2) is 23.1 Å². The van der Waals surface area contributed by atoms with Gasteiger partial charge < -0.3 is 0 Å². The average Bonchev–Trinajstić information content (AvgIpc) is 1.89. The van der Waals surface area contributed by atoms with Crippen LogP contribution in [0.4, 0.5) is 4.39 Å². The Morgan fingerprint density at radius 1 is 1.78 bits per heavy atom. The SMILES string of the molecule is O=c1cccnn1CF. The molecule has 1 aromatic heterocycles. The van der Waals surface area contributed by atoms with E-state index >= 15 is 0 Å². The first-order valence-electron chi connectivity index (χ1n) is 2.42. The summed E-state index contributed by atoms with van der Waals surface area (Å²) in [5, 5.41) is 3.43. The van der Waals surface area contributed by atoms with E-state index in [1.807, 2.05) is 0 Å². The largest absolute Gasteiger partial charge is 0.269 e. The van der Waals surface area contributed by atoms with Crippen molar-refractivity contribution in [2.75, 3.05) is 0 Å². The Labute approximate surface area is 50.7 Å². The molecule has 0 N–H and O–H groups in total. The number of halogens is 1. The van der Waals surface area contributed by atoms with Crippen molar-refractivity contribution in [3.63, 3.8) is 0 Å². The van der Waals surface area contributed by atoms with Gasteiger partial charge in [-0.3, -0.25) is 4.79 Å². The van der Waals surface area contributed by atoms with Crippen molar-refractivity contribution in [1.29, 1.82) is 0 Å². The normalized spacial score (nSPS) is 9.44. The lowest BCUT2D eigenvalue weighted by Gasteiger charge is -1.91. The Morgan fingerprint density at radius 2 is 2.56 bits per heavy atom. The Kier molecular flexibility index (Phi) is 1.58. The lowest BCUT2D eigenvalue weighted by Crippen LogP contribution is -2.19. The molecule has 4 heteroatoms. The van der Waals surface area contributed by atoms with Crippen molar-refractivity contribution < 1.29 is 4.39 Å². The van der Waals surface area contributed by atoms with Gasteiger partial charge in [0.1, 0.15) is 0 Å². The lowest BCUT2D eigenvalue weighted by molar-refractivity contribution is 0.337. The van der Waals surface area contributed by atoms with Crippen LogP contribution >= 0.6 is 0 Å². The molecule has 0 aromatic carbocycles. The predicted molar refractivity (Wildman–Crippen MR) is 29.6 cm³/mol. The van der Waals surface area contributed by atoms with Crippen LogP contribution in [0.2, 0.25) is 0 Å². The van der Waals surface area contributed by atoms with Crippen molar-refractivity contribution in [1.82, 2.24) is 9.78 Å². The number of hydrogen-bond acceptors (Lipinski definition) is 2. The van der Waals surface area contributed by atoms with Crippen molar-refractivity contribution in [3.8, 4) is 0 Å². The number of nitrogens with zero attached hydrogens (tertiary/aromatic N) is 2. The highest BCUT2D eigenvalue weighted by Gasteiger charge is 1.88. The molecule has 1 aromatic rings. The first-order chi connectivity index (χ1) is 4.34. The van der Waals surface area contributed by atoms with E-state index in [0.717, 1.165) is 4.68 Å². The molecule has 0 saturated carbocycles. The molecule has 0 bridgehead atoms. The lowest BCUT2D eigenvalue weighted by atomic mass is 10.6. The molecule has 0 atom stereocenters. The Bertz CT molecular complexity index is 245. The van der Waals surface area contributed by atoms with Gasteiger partial charge in [-0.2, -0.15) is 9.78 Å². The Balaban J connectivity index is 3.16. The molecule has 1 rings (SSSR count). The van der Waals surface area contributed by atoms with E-state index in [9.17, 15) is 9.18 Å². The van der Waals surface area contributed by atoms with E-state index in [-0.39, 0.29) is 0 Å². The van der Waals surface area contributed by atoms with Crippen molar-refractivity contribution in [2.45, 2.75) is 6.80 Å². The topological polar surface area (TPSA) is 34.9 Å². The summed E-state index contributed by atoms with van der Waals surface area (Å²) < 4.78 is 12.4. The molecule has 0 radical (unpaired) electrons. The molecular weight excluding hydrogens is 123 g/mol. The highest BCUT2D eigenvalue weighted by atomic mass is 19.1. The summed E-state index contributed by atoms with van der Waals surface area (Å²) in [6, 6.07) is 2.72. The van der Waals surface area contributed by atoms with Gasteiger partial charge >= 0.3 is 0 Å². The molecule has 0 aliphatic rings. The van der Waals surface area contributed by atoms with Gasteiger partial charge in [0.25, 0.3) is 5.56 Å². The zero-order valence-electron chi connectivity index (χ0n) is 4.62. The first kappa shape index (κ1) is 5.94. The fraction of sp³-hybridized carbons (Fsp3) is 0.200. The molecular formula is C5H5FN2O. The first-order valence-corrected chi connectivity index (χ1v) is 2.42.